The lowest BCUT2D eigenvalue weighted by atomic mass is 10.1. The van der Waals surface area contributed by atoms with Crippen LogP contribution in [0.5, 0.6) is 0 Å². The van der Waals surface area contributed by atoms with Crippen molar-refractivity contribution in [2.24, 2.45) is 0 Å². The second-order valence-corrected chi connectivity index (χ2v) is 7.33. The van der Waals surface area contributed by atoms with Crippen LogP contribution in [0.25, 0.3) is 0 Å². The Bertz CT molecular complexity index is 894. The van der Waals surface area contributed by atoms with Crippen molar-refractivity contribution in [3.05, 3.63) is 59.7 Å². The highest BCUT2D eigenvalue weighted by molar-refractivity contribution is 6.02. The van der Waals surface area contributed by atoms with Gasteiger partial charge in [-0.3, -0.25) is 9.59 Å². The summed E-state index contributed by atoms with van der Waals surface area (Å²) in [7, 11) is 0. The number of benzene rings is 2. The van der Waals surface area contributed by atoms with Crippen LogP contribution in [0.4, 0.5) is 24.5 Å². The molecule has 2 aromatic carbocycles. The Morgan fingerprint density at radius 1 is 1.00 bits per heavy atom. The van der Waals surface area contributed by atoms with E-state index < -0.39 is 29.6 Å². The van der Waals surface area contributed by atoms with Crippen LogP contribution in [0.3, 0.4) is 0 Å². The molecule has 160 valence electrons. The molecule has 1 unspecified atom stereocenters. The molecule has 2 amide bonds. The summed E-state index contributed by atoms with van der Waals surface area (Å²) < 4.78 is 39.6. The van der Waals surface area contributed by atoms with Crippen LogP contribution in [0, 0.1) is 0 Å². The average molecular weight is 419 g/mol. The first-order valence-electron chi connectivity index (χ1n) is 9.88. The molecule has 0 aromatic heterocycles. The van der Waals surface area contributed by atoms with Gasteiger partial charge in [0, 0.05) is 18.7 Å². The zero-order valence-corrected chi connectivity index (χ0v) is 16.6. The van der Waals surface area contributed by atoms with Crippen LogP contribution in [0.15, 0.2) is 48.5 Å². The van der Waals surface area contributed by atoms with Crippen molar-refractivity contribution in [2.45, 2.75) is 38.4 Å². The maximum atomic E-state index is 13.2. The molecule has 0 aliphatic carbocycles. The van der Waals surface area contributed by atoms with E-state index in [-0.39, 0.29) is 5.69 Å². The molecule has 1 aliphatic heterocycles. The van der Waals surface area contributed by atoms with Crippen LogP contribution in [0.2, 0.25) is 0 Å². The molecule has 1 atom stereocenters. The third-order valence-electron chi connectivity index (χ3n) is 5.06. The van der Waals surface area contributed by atoms with Gasteiger partial charge in [-0.1, -0.05) is 18.2 Å². The Kier molecular flexibility index (Phi) is 6.64. The molecule has 2 aromatic rings. The molecule has 0 spiro atoms. The minimum atomic E-state index is -4.52. The Hall–Kier alpha value is -3.03. The minimum absolute atomic E-state index is 0.0949. The smallest absolute Gasteiger partial charge is 0.370 e. The molecule has 1 heterocycles. The van der Waals surface area contributed by atoms with Crippen LogP contribution < -0.4 is 15.5 Å². The number of piperidine rings is 1. The van der Waals surface area contributed by atoms with E-state index in [2.05, 4.69) is 10.6 Å². The summed E-state index contributed by atoms with van der Waals surface area (Å²) in [5.41, 5.74) is 0.208. The van der Waals surface area contributed by atoms with E-state index in [4.69, 9.17) is 0 Å². The standard InChI is InChI=1S/C22H24F3N3O2/c1-15(26-21(30)16-8-4-2-5-9-16)20(29)27-18-14-17(22(23,24)25)10-11-19(18)28-12-6-3-7-13-28/h2,4-5,8-11,14-15H,3,6-7,12-13H2,1H3,(H,26,30)(H,27,29). The molecule has 0 radical (unpaired) electrons. The second kappa shape index (κ2) is 9.19. The van der Waals surface area contributed by atoms with Gasteiger partial charge in [-0.05, 0) is 56.5 Å². The Labute approximate surface area is 173 Å². The van der Waals surface area contributed by atoms with Crippen molar-refractivity contribution in [1.82, 2.24) is 5.32 Å². The summed E-state index contributed by atoms with van der Waals surface area (Å²) in [6.07, 6.45) is -1.57. The van der Waals surface area contributed by atoms with Gasteiger partial charge >= 0.3 is 6.18 Å². The van der Waals surface area contributed by atoms with Crippen molar-refractivity contribution < 1.29 is 22.8 Å². The SMILES string of the molecule is CC(NC(=O)c1ccccc1)C(=O)Nc1cc(C(F)(F)F)ccc1N1CCCCC1. The third-order valence-corrected chi connectivity index (χ3v) is 5.06. The fourth-order valence-electron chi connectivity index (χ4n) is 3.40. The first-order chi connectivity index (χ1) is 14.3. The van der Waals surface area contributed by atoms with Gasteiger partial charge in [-0.2, -0.15) is 13.2 Å². The third kappa shape index (κ3) is 5.31. The second-order valence-electron chi connectivity index (χ2n) is 7.33. The monoisotopic (exact) mass is 419 g/mol. The van der Waals surface area contributed by atoms with E-state index in [0.717, 1.165) is 31.4 Å². The van der Waals surface area contributed by atoms with Gasteiger partial charge in [0.2, 0.25) is 5.91 Å². The van der Waals surface area contributed by atoms with E-state index >= 15 is 0 Å². The highest BCUT2D eigenvalue weighted by atomic mass is 19.4. The number of carbonyl (C=O) groups excluding carboxylic acids is 2. The number of nitrogens with zero attached hydrogens (tertiary/aromatic N) is 1. The van der Waals surface area contributed by atoms with Gasteiger partial charge in [-0.25, -0.2) is 0 Å². The van der Waals surface area contributed by atoms with Gasteiger partial charge in [0.05, 0.1) is 16.9 Å². The molecule has 8 heteroatoms. The largest absolute Gasteiger partial charge is 0.416 e. The van der Waals surface area contributed by atoms with Crippen LogP contribution >= 0.6 is 0 Å². The zero-order chi connectivity index (χ0) is 21.7. The van der Waals surface area contributed by atoms with E-state index in [9.17, 15) is 22.8 Å². The Balaban J connectivity index is 1.78. The molecular weight excluding hydrogens is 395 g/mol. The number of carbonyl (C=O) groups is 2. The molecular formula is C22H24F3N3O2. The fraction of sp³-hybridized carbons (Fsp3) is 0.364. The quantitative estimate of drug-likeness (QED) is 0.753. The Morgan fingerprint density at radius 3 is 2.30 bits per heavy atom. The van der Waals surface area contributed by atoms with E-state index in [1.165, 1.54) is 13.0 Å². The first-order valence-corrected chi connectivity index (χ1v) is 9.88. The van der Waals surface area contributed by atoms with E-state index in [1.54, 1.807) is 30.3 Å². The summed E-state index contributed by atoms with van der Waals surface area (Å²) >= 11 is 0. The van der Waals surface area contributed by atoms with Gasteiger partial charge in [0.1, 0.15) is 6.04 Å². The van der Waals surface area contributed by atoms with Gasteiger partial charge in [0.15, 0.2) is 0 Å². The highest BCUT2D eigenvalue weighted by Crippen LogP contribution is 2.36. The van der Waals surface area contributed by atoms with E-state index in [0.29, 0.717) is 24.3 Å². The molecule has 1 fully saturated rings. The summed E-state index contributed by atoms with van der Waals surface area (Å²) in [5, 5.41) is 5.15. The maximum absolute atomic E-state index is 13.2. The van der Waals surface area contributed by atoms with Crippen molar-refractivity contribution in [3.8, 4) is 0 Å². The number of nitrogens with one attached hydrogen (secondary N) is 2. The molecule has 30 heavy (non-hydrogen) atoms. The normalized spacial score (nSPS) is 15.4. The summed E-state index contributed by atoms with van der Waals surface area (Å²) in [5.74, 6) is -1.02. The summed E-state index contributed by atoms with van der Waals surface area (Å²) in [6.45, 7) is 2.92. The van der Waals surface area contributed by atoms with Crippen molar-refractivity contribution >= 4 is 23.2 Å². The predicted octanol–water partition coefficient (Wildman–Crippen LogP) is 4.45. The average Bonchev–Trinajstić information content (AvgIpc) is 2.74. The van der Waals surface area contributed by atoms with E-state index in [1.807, 2.05) is 4.90 Å². The molecule has 2 N–H and O–H groups in total. The molecule has 0 saturated carbocycles. The highest BCUT2D eigenvalue weighted by Gasteiger charge is 2.32. The number of halogens is 3. The topological polar surface area (TPSA) is 61.4 Å². The lowest BCUT2D eigenvalue weighted by Gasteiger charge is -2.31. The molecule has 3 rings (SSSR count). The van der Waals surface area contributed by atoms with Crippen LogP contribution in [0.1, 0.15) is 42.1 Å². The lowest BCUT2D eigenvalue weighted by Crippen LogP contribution is -2.42. The van der Waals surface area contributed by atoms with Crippen LogP contribution in [-0.2, 0) is 11.0 Å². The first kappa shape index (κ1) is 21.7. The Morgan fingerprint density at radius 2 is 1.67 bits per heavy atom. The molecule has 1 aliphatic rings. The van der Waals surface area contributed by atoms with Gasteiger partial charge < -0.3 is 15.5 Å². The van der Waals surface area contributed by atoms with Crippen molar-refractivity contribution in [1.29, 1.82) is 0 Å². The summed E-state index contributed by atoms with van der Waals surface area (Å²) in [4.78, 5) is 26.9. The van der Waals surface area contributed by atoms with Gasteiger partial charge in [0.25, 0.3) is 5.91 Å². The van der Waals surface area contributed by atoms with Crippen LogP contribution in [-0.4, -0.2) is 30.9 Å². The number of alkyl halides is 3. The minimum Gasteiger partial charge on any atom is -0.370 e. The number of amides is 2. The number of hydrogen-bond acceptors (Lipinski definition) is 3. The zero-order valence-electron chi connectivity index (χ0n) is 16.6. The summed E-state index contributed by atoms with van der Waals surface area (Å²) in [6, 6.07) is 10.8. The number of hydrogen-bond donors (Lipinski definition) is 2. The maximum Gasteiger partial charge on any atom is 0.416 e. The molecule has 1 saturated heterocycles. The van der Waals surface area contributed by atoms with Crippen molar-refractivity contribution in [2.75, 3.05) is 23.3 Å². The van der Waals surface area contributed by atoms with Gasteiger partial charge in [-0.15, -0.1) is 0 Å². The molecule has 5 nitrogen and oxygen atoms in total. The number of rotatable bonds is 5. The molecule has 0 bridgehead atoms. The fourth-order valence-corrected chi connectivity index (χ4v) is 3.40. The number of anilines is 2. The lowest BCUT2D eigenvalue weighted by molar-refractivity contribution is -0.137. The van der Waals surface area contributed by atoms with Crippen molar-refractivity contribution in [3.63, 3.8) is 0 Å². The predicted molar refractivity (Wildman–Crippen MR) is 110 cm³/mol.